The molecular weight excluding hydrogens is 460 g/mol. The standard InChI is InChI=1S/C17H15ClN2O6S3/c1-26-16(21)10-20-14-8-7-13(28(2,22)23)9-15(14)27-17(20)19-29(24,25)12-5-3-11(18)4-6-12/h3-9H,10H2,1-2H3. The Balaban J connectivity index is 2.26. The Labute approximate surface area is 176 Å². The summed E-state index contributed by atoms with van der Waals surface area (Å²) in [6.45, 7) is -0.288. The molecule has 0 spiro atoms. The summed E-state index contributed by atoms with van der Waals surface area (Å²) in [5, 5.41) is 0.375. The van der Waals surface area contributed by atoms with E-state index >= 15 is 0 Å². The Morgan fingerprint density at radius 3 is 2.31 bits per heavy atom. The van der Waals surface area contributed by atoms with Gasteiger partial charge in [-0.3, -0.25) is 4.79 Å². The first-order chi connectivity index (χ1) is 13.5. The largest absolute Gasteiger partial charge is 0.468 e. The van der Waals surface area contributed by atoms with Crippen LogP contribution in [0.5, 0.6) is 0 Å². The second-order valence-electron chi connectivity index (χ2n) is 5.97. The summed E-state index contributed by atoms with van der Waals surface area (Å²) in [5.74, 6) is -0.609. The molecule has 154 valence electrons. The fourth-order valence-corrected chi connectivity index (χ4v) is 5.58. The first kappa shape index (κ1) is 21.5. The lowest BCUT2D eigenvalue weighted by Gasteiger charge is -2.04. The van der Waals surface area contributed by atoms with Gasteiger partial charge >= 0.3 is 5.97 Å². The van der Waals surface area contributed by atoms with Crippen LogP contribution < -0.4 is 4.80 Å². The molecule has 1 heterocycles. The van der Waals surface area contributed by atoms with Gasteiger partial charge in [0.05, 0.1) is 27.1 Å². The van der Waals surface area contributed by atoms with Gasteiger partial charge in [0.25, 0.3) is 10.0 Å². The number of esters is 1. The SMILES string of the molecule is COC(=O)Cn1c(=NS(=O)(=O)c2ccc(Cl)cc2)sc2cc(S(C)(=O)=O)ccc21. The predicted molar refractivity (Wildman–Crippen MR) is 109 cm³/mol. The summed E-state index contributed by atoms with van der Waals surface area (Å²) in [7, 11) is -6.35. The predicted octanol–water partition coefficient (Wildman–Crippen LogP) is 2.22. The first-order valence-electron chi connectivity index (χ1n) is 7.98. The third kappa shape index (κ3) is 4.69. The van der Waals surface area contributed by atoms with Crippen molar-refractivity contribution in [3.63, 3.8) is 0 Å². The molecule has 0 N–H and O–H groups in total. The van der Waals surface area contributed by atoms with Crippen LogP contribution in [0.2, 0.25) is 5.02 Å². The van der Waals surface area contributed by atoms with E-state index < -0.39 is 25.8 Å². The van der Waals surface area contributed by atoms with Gasteiger partial charge in [-0.2, -0.15) is 8.42 Å². The number of hydrogen-bond donors (Lipinski definition) is 0. The lowest BCUT2D eigenvalue weighted by atomic mass is 10.3. The Bertz CT molecular complexity index is 1370. The van der Waals surface area contributed by atoms with E-state index in [1.807, 2.05) is 0 Å². The molecule has 3 rings (SSSR count). The molecule has 0 saturated carbocycles. The minimum Gasteiger partial charge on any atom is -0.468 e. The van der Waals surface area contributed by atoms with Crippen molar-refractivity contribution in [3.8, 4) is 0 Å². The summed E-state index contributed by atoms with van der Waals surface area (Å²) in [4.78, 5) is 11.8. The van der Waals surface area contributed by atoms with E-state index in [9.17, 15) is 21.6 Å². The van der Waals surface area contributed by atoms with Crippen molar-refractivity contribution < 1.29 is 26.4 Å². The Morgan fingerprint density at radius 1 is 1.10 bits per heavy atom. The van der Waals surface area contributed by atoms with Gasteiger partial charge in [-0.15, -0.1) is 4.40 Å². The molecule has 0 aliphatic heterocycles. The molecule has 0 bridgehead atoms. The number of rotatable bonds is 5. The van der Waals surface area contributed by atoms with Crippen LogP contribution in [0.25, 0.3) is 10.2 Å². The van der Waals surface area contributed by atoms with Gasteiger partial charge in [-0.1, -0.05) is 22.9 Å². The molecule has 0 fully saturated rings. The number of sulfone groups is 1. The number of methoxy groups -OCH3 is 1. The number of benzene rings is 2. The first-order valence-corrected chi connectivity index (χ1v) is 12.5. The van der Waals surface area contributed by atoms with Crippen LogP contribution in [0.1, 0.15) is 0 Å². The van der Waals surface area contributed by atoms with Gasteiger partial charge in [0.1, 0.15) is 6.54 Å². The molecule has 8 nitrogen and oxygen atoms in total. The van der Waals surface area contributed by atoms with E-state index in [4.69, 9.17) is 11.6 Å². The number of fused-ring (bicyclic) bond motifs is 1. The van der Waals surface area contributed by atoms with Crippen LogP contribution in [0.15, 0.2) is 56.7 Å². The van der Waals surface area contributed by atoms with Gasteiger partial charge in [0.2, 0.25) is 4.80 Å². The summed E-state index contributed by atoms with van der Waals surface area (Å²) in [6, 6.07) is 9.79. The molecule has 12 heteroatoms. The molecule has 0 unspecified atom stereocenters. The fourth-order valence-electron chi connectivity index (χ4n) is 2.46. The van der Waals surface area contributed by atoms with Crippen LogP contribution in [0.4, 0.5) is 0 Å². The zero-order valence-corrected chi connectivity index (χ0v) is 18.4. The van der Waals surface area contributed by atoms with Crippen molar-refractivity contribution in [2.45, 2.75) is 16.3 Å². The highest BCUT2D eigenvalue weighted by atomic mass is 35.5. The van der Waals surface area contributed by atoms with Crippen molar-refractivity contribution in [2.75, 3.05) is 13.4 Å². The van der Waals surface area contributed by atoms with Gasteiger partial charge in [-0.05, 0) is 42.5 Å². The molecular formula is C17H15ClN2O6S3. The molecule has 0 aliphatic carbocycles. The molecule has 3 aromatic rings. The third-order valence-corrected chi connectivity index (χ3v) is 7.71. The summed E-state index contributed by atoms with van der Waals surface area (Å²) in [5.41, 5.74) is 0.456. The van der Waals surface area contributed by atoms with Crippen molar-refractivity contribution >= 4 is 59.0 Å². The highest BCUT2D eigenvalue weighted by Gasteiger charge is 2.18. The van der Waals surface area contributed by atoms with Crippen molar-refractivity contribution in [1.29, 1.82) is 0 Å². The maximum absolute atomic E-state index is 12.7. The highest BCUT2D eigenvalue weighted by molar-refractivity contribution is 7.90. The zero-order valence-electron chi connectivity index (χ0n) is 15.2. The average molecular weight is 475 g/mol. The number of carbonyl (C=O) groups excluding carboxylic acids is 1. The molecule has 0 amide bonds. The molecule has 0 atom stereocenters. The number of sulfonamides is 1. The van der Waals surface area contributed by atoms with Crippen LogP contribution in [-0.2, 0) is 35.9 Å². The summed E-state index contributed by atoms with van der Waals surface area (Å²) < 4.78 is 59.4. The molecule has 0 aliphatic rings. The van der Waals surface area contributed by atoms with Gasteiger partial charge in [-0.25, -0.2) is 8.42 Å². The van der Waals surface area contributed by atoms with Crippen molar-refractivity contribution in [2.24, 2.45) is 4.40 Å². The molecule has 0 radical (unpaired) electrons. The molecule has 29 heavy (non-hydrogen) atoms. The Kier molecular flexibility index (Phi) is 5.86. The quantitative estimate of drug-likeness (QED) is 0.524. The van der Waals surface area contributed by atoms with E-state index in [0.717, 1.165) is 17.6 Å². The molecule has 1 aromatic heterocycles. The minimum atomic E-state index is -4.10. The number of thiazole rings is 1. The van der Waals surface area contributed by atoms with Gasteiger partial charge in [0.15, 0.2) is 9.84 Å². The van der Waals surface area contributed by atoms with Gasteiger partial charge < -0.3 is 9.30 Å². The van der Waals surface area contributed by atoms with Crippen LogP contribution in [0.3, 0.4) is 0 Å². The van der Waals surface area contributed by atoms with E-state index in [1.165, 1.54) is 54.1 Å². The Morgan fingerprint density at radius 2 is 1.72 bits per heavy atom. The average Bonchev–Trinajstić information content (AvgIpc) is 2.97. The summed E-state index contributed by atoms with van der Waals surface area (Å²) in [6.07, 6.45) is 1.07. The normalized spacial score (nSPS) is 13.0. The van der Waals surface area contributed by atoms with E-state index in [-0.39, 0.29) is 21.1 Å². The zero-order chi connectivity index (χ0) is 21.4. The lowest BCUT2D eigenvalue weighted by Crippen LogP contribution is -2.22. The highest BCUT2D eigenvalue weighted by Crippen LogP contribution is 2.23. The number of carbonyl (C=O) groups is 1. The topological polar surface area (TPSA) is 112 Å². The Hall–Kier alpha value is -2.21. The number of hydrogen-bond acceptors (Lipinski definition) is 7. The lowest BCUT2D eigenvalue weighted by molar-refractivity contribution is -0.141. The van der Waals surface area contributed by atoms with Crippen LogP contribution >= 0.6 is 22.9 Å². The fraction of sp³-hybridized carbons (Fsp3) is 0.176. The maximum Gasteiger partial charge on any atom is 0.325 e. The maximum atomic E-state index is 12.7. The molecule has 0 saturated heterocycles. The smallest absolute Gasteiger partial charge is 0.325 e. The minimum absolute atomic E-state index is 0.00556. The summed E-state index contributed by atoms with van der Waals surface area (Å²) >= 11 is 6.75. The number of nitrogens with zero attached hydrogens (tertiary/aromatic N) is 2. The second kappa shape index (κ2) is 7.90. The van der Waals surface area contributed by atoms with Crippen molar-refractivity contribution in [1.82, 2.24) is 4.57 Å². The van der Waals surface area contributed by atoms with E-state index in [1.54, 1.807) is 0 Å². The van der Waals surface area contributed by atoms with Crippen molar-refractivity contribution in [3.05, 3.63) is 52.3 Å². The number of aromatic nitrogens is 1. The van der Waals surface area contributed by atoms with E-state index in [0.29, 0.717) is 15.2 Å². The molecule has 2 aromatic carbocycles. The third-order valence-electron chi connectivity index (χ3n) is 3.91. The van der Waals surface area contributed by atoms with Gasteiger partial charge in [0, 0.05) is 11.3 Å². The number of halogens is 1. The second-order valence-corrected chi connectivity index (χ2v) is 11.0. The van der Waals surface area contributed by atoms with Crippen LogP contribution in [-0.4, -0.2) is 40.7 Å². The number of ether oxygens (including phenoxy) is 1. The van der Waals surface area contributed by atoms with Crippen LogP contribution in [0, 0.1) is 0 Å². The monoisotopic (exact) mass is 474 g/mol. The van der Waals surface area contributed by atoms with E-state index in [2.05, 4.69) is 9.13 Å².